The van der Waals surface area contributed by atoms with Crippen molar-refractivity contribution in [2.75, 3.05) is 32.2 Å². The van der Waals surface area contributed by atoms with Crippen molar-refractivity contribution in [1.29, 1.82) is 0 Å². The molecule has 2 heterocycles. The van der Waals surface area contributed by atoms with Crippen LogP contribution >= 0.6 is 11.3 Å². The summed E-state index contributed by atoms with van der Waals surface area (Å²) in [4.78, 5) is 27.1. The highest BCUT2D eigenvalue weighted by Crippen LogP contribution is 2.43. The number of urea groups is 1. The van der Waals surface area contributed by atoms with Gasteiger partial charge in [-0.05, 0) is 12.8 Å². The molecule has 1 aromatic heterocycles. The van der Waals surface area contributed by atoms with Gasteiger partial charge in [0.15, 0.2) is 6.23 Å². The molecule has 8 nitrogen and oxygen atoms in total. The van der Waals surface area contributed by atoms with E-state index in [1.807, 2.05) is 0 Å². The SMILES string of the molecule is COCC(=O)OC1CCN(C)C(=O)N1c1nnc(C2CC2)s1. The molecule has 0 bridgehead atoms. The van der Waals surface area contributed by atoms with Gasteiger partial charge in [-0.2, -0.15) is 0 Å². The molecular formula is C13H18N4O4S. The monoisotopic (exact) mass is 326 g/mol. The topological polar surface area (TPSA) is 84.9 Å². The molecule has 2 fully saturated rings. The van der Waals surface area contributed by atoms with Crippen LogP contribution in [0.4, 0.5) is 9.93 Å². The summed E-state index contributed by atoms with van der Waals surface area (Å²) in [5.41, 5.74) is 0. The first-order valence-electron chi connectivity index (χ1n) is 7.16. The van der Waals surface area contributed by atoms with Gasteiger partial charge in [0, 0.05) is 33.0 Å². The van der Waals surface area contributed by atoms with Gasteiger partial charge in [-0.1, -0.05) is 11.3 Å². The summed E-state index contributed by atoms with van der Waals surface area (Å²) in [5.74, 6) is -0.0276. The van der Waals surface area contributed by atoms with E-state index in [4.69, 9.17) is 9.47 Å². The Kier molecular flexibility index (Phi) is 4.25. The maximum absolute atomic E-state index is 12.4. The second-order valence-electron chi connectivity index (χ2n) is 5.44. The van der Waals surface area contributed by atoms with E-state index < -0.39 is 12.2 Å². The maximum Gasteiger partial charge on any atom is 0.334 e. The fourth-order valence-corrected chi connectivity index (χ4v) is 3.32. The van der Waals surface area contributed by atoms with E-state index in [0.29, 0.717) is 24.0 Å². The number of carbonyl (C=O) groups excluding carboxylic acids is 2. The van der Waals surface area contributed by atoms with Crippen LogP contribution in [0, 0.1) is 0 Å². The summed E-state index contributed by atoms with van der Waals surface area (Å²) in [7, 11) is 3.14. The van der Waals surface area contributed by atoms with Gasteiger partial charge in [-0.3, -0.25) is 0 Å². The van der Waals surface area contributed by atoms with Crippen molar-refractivity contribution >= 4 is 28.5 Å². The number of methoxy groups -OCH3 is 1. The lowest BCUT2D eigenvalue weighted by Crippen LogP contribution is -2.55. The number of aromatic nitrogens is 2. The number of ether oxygens (including phenoxy) is 2. The lowest BCUT2D eigenvalue weighted by atomic mass is 10.3. The molecule has 22 heavy (non-hydrogen) atoms. The highest BCUT2D eigenvalue weighted by molar-refractivity contribution is 7.15. The standard InChI is InChI=1S/C13H18N4O4S/c1-16-6-5-9(21-10(18)7-20-2)17(13(16)19)12-15-14-11(22-12)8-3-4-8/h8-9H,3-7H2,1-2H3. The van der Waals surface area contributed by atoms with Gasteiger partial charge < -0.3 is 14.4 Å². The molecule has 1 aliphatic heterocycles. The zero-order valence-electron chi connectivity index (χ0n) is 12.5. The van der Waals surface area contributed by atoms with Crippen LogP contribution in [0.5, 0.6) is 0 Å². The van der Waals surface area contributed by atoms with Gasteiger partial charge in [0.05, 0.1) is 0 Å². The fourth-order valence-electron chi connectivity index (χ4n) is 2.28. The molecule has 2 amide bonds. The zero-order chi connectivity index (χ0) is 15.7. The van der Waals surface area contributed by atoms with Crippen molar-refractivity contribution < 1.29 is 19.1 Å². The number of esters is 1. The third kappa shape index (κ3) is 3.05. The summed E-state index contributed by atoms with van der Waals surface area (Å²) in [5, 5.41) is 9.69. The van der Waals surface area contributed by atoms with Crippen molar-refractivity contribution in [2.45, 2.75) is 31.4 Å². The number of hydrogen-bond acceptors (Lipinski definition) is 7. The van der Waals surface area contributed by atoms with Crippen LogP contribution in [-0.4, -0.2) is 60.6 Å². The summed E-state index contributed by atoms with van der Waals surface area (Å²) in [6, 6.07) is -0.236. The Hall–Kier alpha value is -1.74. The number of carbonyl (C=O) groups is 2. The van der Waals surface area contributed by atoms with Crippen LogP contribution in [-0.2, 0) is 14.3 Å². The lowest BCUT2D eigenvalue weighted by molar-refractivity contribution is -0.153. The second-order valence-corrected chi connectivity index (χ2v) is 6.43. The van der Waals surface area contributed by atoms with Crippen molar-refractivity contribution in [2.24, 2.45) is 0 Å². The maximum atomic E-state index is 12.4. The molecule has 120 valence electrons. The Morgan fingerprint density at radius 3 is 2.82 bits per heavy atom. The molecule has 1 saturated carbocycles. The third-order valence-corrected chi connectivity index (χ3v) is 4.71. The molecule has 2 aliphatic rings. The van der Waals surface area contributed by atoms with E-state index in [-0.39, 0.29) is 12.6 Å². The summed E-state index contributed by atoms with van der Waals surface area (Å²) in [6.07, 6.45) is 2.10. The van der Waals surface area contributed by atoms with Gasteiger partial charge in [-0.25, -0.2) is 14.5 Å². The van der Waals surface area contributed by atoms with Gasteiger partial charge >= 0.3 is 12.0 Å². The number of rotatable bonds is 5. The average molecular weight is 326 g/mol. The fraction of sp³-hybridized carbons (Fsp3) is 0.692. The van der Waals surface area contributed by atoms with Crippen LogP contribution in [0.25, 0.3) is 0 Å². The molecule has 1 aromatic rings. The van der Waals surface area contributed by atoms with Gasteiger partial charge in [0.2, 0.25) is 5.13 Å². The summed E-state index contributed by atoms with van der Waals surface area (Å²) in [6.45, 7) is 0.381. The Balaban J connectivity index is 1.80. The normalized spacial score (nSPS) is 22.1. The molecule has 0 radical (unpaired) electrons. The van der Waals surface area contributed by atoms with E-state index in [0.717, 1.165) is 17.8 Å². The minimum absolute atomic E-state index is 0.141. The predicted molar refractivity (Wildman–Crippen MR) is 78.8 cm³/mol. The van der Waals surface area contributed by atoms with E-state index in [2.05, 4.69) is 10.2 Å². The van der Waals surface area contributed by atoms with Gasteiger partial charge in [0.1, 0.15) is 11.6 Å². The lowest BCUT2D eigenvalue weighted by Gasteiger charge is -2.37. The number of nitrogens with zero attached hydrogens (tertiary/aromatic N) is 4. The molecule has 0 N–H and O–H groups in total. The highest BCUT2D eigenvalue weighted by Gasteiger charge is 2.38. The zero-order valence-corrected chi connectivity index (χ0v) is 13.3. The van der Waals surface area contributed by atoms with Crippen molar-refractivity contribution in [3.8, 4) is 0 Å². The number of anilines is 1. The summed E-state index contributed by atoms with van der Waals surface area (Å²) < 4.78 is 10.1. The van der Waals surface area contributed by atoms with Crippen molar-refractivity contribution in [3.05, 3.63) is 5.01 Å². The molecule has 1 saturated heterocycles. The van der Waals surface area contributed by atoms with Crippen molar-refractivity contribution in [3.63, 3.8) is 0 Å². The van der Waals surface area contributed by atoms with Crippen molar-refractivity contribution in [1.82, 2.24) is 15.1 Å². The average Bonchev–Trinajstić information content (AvgIpc) is 3.22. The molecule has 3 rings (SSSR count). The minimum Gasteiger partial charge on any atom is -0.439 e. The first-order valence-corrected chi connectivity index (χ1v) is 7.98. The van der Waals surface area contributed by atoms with E-state index in [1.165, 1.54) is 23.3 Å². The number of amides is 2. The molecule has 0 spiro atoms. The van der Waals surface area contributed by atoms with E-state index >= 15 is 0 Å². The summed E-state index contributed by atoms with van der Waals surface area (Å²) >= 11 is 1.39. The molecule has 0 aromatic carbocycles. The molecule has 1 atom stereocenters. The third-order valence-electron chi connectivity index (χ3n) is 3.62. The van der Waals surface area contributed by atoms with Crippen LogP contribution in [0.15, 0.2) is 0 Å². The van der Waals surface area contributed by atoms with Crippen LogP contribution in [0.3, 0.4) is 0 Å². The smallest absolute Gasteiger partial charge is 0.334 e. The molecular weight excluding hydrogens is 308 g/mol. The molecule has 1 unspecified atom stereocenters. The Bertz CT molecular complexity index is 574. The van der Waals surface area contributed by atoms with Crippen LogP contribution in [0.1, 0.15) is 30.2 Å². The van der Waals surface area contributed by atoms with Crippen LogP contribution in [0.2, 0.25) is 0 Å². The van der Waals surface area contributed by atoms with E-state index in [9.17, 15) is 9.59 Å². The first kappa shape index (κ1) is 15.2. The minimum atomic E-state index is -0.661. The Labute approximate surface area is 132 Å². The van der Waals surface area contributed by atoms with Gasteiger partial charge in [-0.15, -0.1) is 10.2 Å². The quantitative estimate of drug-likeness (QED) is 0.756. The number of hydrogen-bond donors (Lipinski definition) is 0. The van der Waals surface area contributed by atoms with Crippen LogP contribution < -0.4 is 4.90 Å². The highest BCUT2D eigenvalue weighted by atomic mass is 32.1. The van der Waals surface area contributed by atoms with Gasteiger partial charge in [0.25, 0.3) is 0 Å². The Morgan fingerprint density at radius 2 is 2.14 bits per heavy atom. The second kappa shape index (κ2) is 6.17. The molecule has 9 heteroatoms. The Morgan fingerprint density at radius 1 is 1.36 bits per heavy atom. The first-order chi connectivity index (χ1) is 10.6. The largest absolute Gasteiger partial charge is 0.439 e. The predicted octanol–water partition coefficient (Wildman–Crippen LogP) is 1.19. The molecule has 1 aliphatic carbocycles. The van der Waals surface area contributed by atoms with E-state index in [1.54, 1.807) is 11.9 Å².